The summed E-state index contributed by atoms with van der Waals surface area (Å²) in [5.74, 6) is 0.294. The summed E-state index contributed by atoms with van der Waals surface area (Å²) < 4.78 is 1.55. The fourth-order valence-corrected chi connectivity index (χ4v) is 1.58. The molecule has 0 saturated heterocycles. The Morgan fingerprint density at radius 2 is 2.27 bits per heavy atom. The number of nitrogen functional groups attached to an aromatic ring is 1. The molecule has 1 aromatic carbocycles. The van der Waals surface area contributed by atoms with Crippen molar-refractivity contribution in [3.8, 4) is 0 Å². The maximum Gasteiger partial charge on any atom is 0.240 e. The molecule has 0 aliphatic carbocycles. The highest BCUT2D eigenvalue weighted by molar-refractivity contribution is 6.30. The maximum absolute atomic E-state index is 5.90. The summed E-state index contributed by atoms with van der Waals surface area (Å²) in [6.07, 6.45) is 0. The van der Waals surface area contributed by atoms with Crippen LogP contribution in [0.1, 0.15) is 18.5 Å². The second kappa shape index (κ2) is 3.86. The Labute approximate surface area is 91.8 Å². The first kappa shape index (κ1) is 9.92. The quantitative estimate of drug-likeness (QED) is 0.838. The van der Waals surface area contributed by atoms with Crippen LogP contribution in [0.15, 0.2) is 24.3 Å². The average Bonchev–Trinajstić information content (AvgIpc) is 2.63. The monoisotopic (exact) mass is 223 g/mol. The first-order chi connectivity index (χ1) is 7.18. The Balaban J connectivity index is 2.36. The normalized spacial score (nSPS) is 12.7. The van der Waals surface area contributed by atoms with E-state index in [4.69, 9.17) is 17.3 Å². The number of rotatable bonds is 2. The van der Waals surface area contributed by atoms with E-state index in [9.17, 15) is 0 Å². The number of halogens is 1. The van der Waals surface area contributed by atoms with Gasteiger partial charge >= 0.3 is 0 Å². The second-order valence-electron chi connectivity index (χ2n) is 3.21. The van der Waals surface area contributed by atoms with Crippen LogP contribution in [0, 0.1) is 0 Å². The number of anilines is 1. The molecule has 5 nitrogen and oxygen atoms in total. The van der Waals surface area contributed by atoms with E-state index in [1.54, 1.807) is 4.68 Å². The lowest BCUT2D eigenvalue weighted by molar-refractivity contribution is 0.550. The number of nitrogens with zero attached hydrogens (tertiary/aromatic N) is 4. The Kier molecular flexibility index (Phi) is 2.55. The van der Waals surface area contributed by atoms with Crippen molar-refractivity contribution in [2.45, 2.75) is 13.0 Å². The Hall–Kier alpha value is -1.62. The fourth-order valence-electron chi connectivity index (χ4n) is 1.38. The number of benzene rings is 1. The smallest absolute Gasteiger partial charge is 0.240 e. The third-order valence-corrected chi connectivity index (χ3v) is 2.45. The minimum Gasteiger partial charge on any atom is -0.367 e. The molecule has 15 heavy (non-hydrogen) atoms. The number of nitrogens with two attached hydrogens (primary N) is 1. The van der Waals surface area contributed by atoms with Crippen molar-refractivity contribution in [3.63, 3.8) is 0 Å². The lowest BCUT2D eigenvalue weighted by Crippen LogP contribution is -2.11. The molecule has 1 unspecified atom stereocenters. The molecule has 0 amide bonds. The summed E-state index contributed by atoms with van der Waals surface area (Å²) in [7, 11) is 0. The van der Waals surface area contributed by atoms with Gasteiger partial charge in [0.1, 0.15) is 0 Å². The fraction of sp³-hybridized carbons (Fsp3) is 0.222. The summed E-state index contributed by atoms with van der Waals surface area (Å²) in [4.78, 5) is 0. The molecule has 78 valence electrons. The van der Waals surface area contributed by atoms with E-state index in [2.05, 4.69) is 15.5 Å². The van der Waals surface area contributed by atoms with Crippen LogP contribution >= 0.6 is 11.6 Å². The van der Waals surface area contributed by atoms with Crippen LogP contribution in [-0.4, -0.2) is 20.2 Å². The van der Waals surface area contributed by atoms with Crippen molar-refractivity contribution in [2.75, 3.05) is 5.73 Å². The Morgan fingerprint density at radius 1 is 1.47 bits per heavy atom. The summed E-state index contributed by atoms with van der Waals surface area (Å²) >= 11 is 5.90. The molecule has 0 fully saturated rings. The molecule has 0 bridgehead atoms. The van der Waals surface area contributed by atoms with Crippen molar-refractivity contribution >= 4 is 17.5 Å². The number of hydrogen-bond acceptors (Lipinski definition) is 4. The van der Waals surface area contributed by atoms with Gasteiger partial charge in [0.2, 0.25) is 5.95 Å². The van der Waals surface area contributed by atoms with Gasteiger partial charge in [-0.15, -0.1) is 0 Å². The zero-order valence-electron chi connectivity index (χ0n) is 8.13. The predicted octanol–water partition coefficient (Wildman–Crippen LogP) is 1.52. The highest BCUT2D eigenvalue weighted by atomic mass is 35.5. The van der Waals surface area contributed by atoms with E-state index in [1.165, 1.54) is 0 Å². The molecular weight excluding hydrogens is 214 g/mol. The van der Waals surface area contributed by atoms with E-state index < -0.39 is 0 Å². The zero-order chi connectivity index (χ0) is 10.8. The van der Waals surface area contributed by atoms with Gasteiger partial charge < -0.3 is 5.73 Å². The van der Waals surface area contributed by atoms with Gasteiger partial charge in [-0.1, -0.05) is 28.8 Å². The van der Waals surface area contributed by atoms with Crippen molar-refractivity contribution in [1.29, 1.82) is 0 Å². The van der Waals surface area contributed by atoms with Crippen molar-refractivity contribution < 1.29 is 0 Å². The van der Waals surface area contributed by atoms with E-state index >= 15 is 0 Å². The third kappa shape index (κ3) is 1.92. The van der Waals surface area contributed by atoms with Gasteiger partial charge in [-0.25, -0.2) is 4.68 Å². The zero-order valence-corrected chi connectivity index (χ0v) is 8.89. The van der Waals surface area contributed by atoms with E-state index in [-0.39, 0.29) is 6.04 Å². The largest absolute Gasteiger partial charge is 0.367 e. The first-order valence-corrected chi connectivity index (χ1v) is 4.85. The van der Waals surface area contributed by atoms with E-state index in [0.29, 0.717) is 11.0 Å². The minimum absolute atomic E-state index is 0.0290. The van der Waals surface area contributed by atoms with Crippen LogP contribution in [0.25, 0.3) is 0 Å². The maximum atomic E-state index is 5.90. The molecular formula is C9H10ClN5. The van der Waals surface area contributed by atoms with E-state index in [0.717, 1.165) is 5.56 Å². The lowest BCUT2D eigenvalue weighted by atomic mass is 10.1. The van der Waals surface area contributed by atoms with Gasteiger partial charge in [-0.3, -0.25) is 0 Å². The SMILES string of the molecule is CC(c1cccc(Cl)c1)n1nnnc1N. The van der Waals surface area contributed by atoms with Crippen LogP contribution in [0.3, 0.4) is 0 Å². The molecule has 0 saturated carbocycles. The molecule has 1 heterocycles. The summed E-state index contributed by atoms with van der Waals surface area (Å²) in [6, 6.07) is 7.50. The second-order valence-corrected chi connectivity index (χ2v) is 3.65. The Morgan fingerprint density at radius 3 is 2.87 bits per heavy atom. The van der Waals surface area contributed by atoms with Gasteiger partial charge in [0, 0.05) is 5.02 Å². The van der Waals surface area contributed by atoms with Gasteiger partial charge in [-0.2, -0.15) is 0 Å². The van der Waals surface area contributed by atoms with Crippen molar-refractivity contribution in [3.05, 3.63) is 34.9 Å². The van der Waals surface area contributed by atoms with Crippen LogP contribution in [0.5, 0.6) is 0 Å². The van der Waals surface area contributed by atoms with Crippen LogP contribution in [0.4, 0.5) is 5.95 Å². The highest BCUT2D eigenvalue weighted by Gasteiger charge is 2.12. The molecule has 1 aromatic heterocycles. The van der Waals surface area contributed by atoms with Gasteiger partial charge in [-0.05, 0) is 35.0 Å². The summed E-state index contributed by atoms with van der Waals surface area (Å²) in [5.41, 5.74) is 6.63. The molecule has 1 atom stereocenters. The summed E-state index contributed by atoms with van der Waals surface area (Å²) in [6.45, 7) is 1.96. The highest BCUT2D eigenvalue weighted by Crippen LogP contribution is 2.21. The molecule has 2 aromatic rings. The summed E-state index contributed by atoms with van der Waals surface area (Å²) in [5, 5.41) is 11.6. The third-order valence-electron chi connectivity index (χ3n) is 2.22. The molecule has 6 heteroatoms. The molecule has 0 spiro atoms. The Bertz CT molecular complexity index is 467. The molecule has 2 N–H and O–H groups in total. The topological polar surface area (TPSA) is 69.6 Å². The van der Waals surface area contributed by atoms with Gasteiger partial charge in [0.25, 0.3) is 0 Å². The van der Waals surface area contributed by atoms with Crippen molar-refractivity contribution in [1.82, 2.24) is 20.2 Å². The number of aromatic nitrogens is 4. The first-order valence-electron chi connectivity index (χ1n) is 4.47. The number of hydrogen-bond donors (Lipinski definition) is 1. The molecule has 0 aliphatic rings. The average molecular weight is 224 g/mol. The van der Waals surface area contributed by atoms with Gasteiger partial charge in [0.05, 0.1) is 6.04 Å². The minimum atomic E-state index is -0.0290. The van der Waals surface area contributed by atoms with Crippen LogP contribution < -0.4 is 5.73 Å². The van der Waals surface area contributed by atoms with Crippen LogP contribution in [-0.2, 0) is 0 Å². The van der Waals surface area contributed by atoms with Crippen LogP contribution in [0.2, 0.25) is 5.02 Å². The molecule has 2 rings (SSSR count). The van der Waals surface area contributed by atoms with Gasteiger partial charge in [0.15, 0.2) is 0 Å². The predicted molar refractivity (Wildman–Crippen MR) is 57.5 cm³/mol. The molecule has 0 aliphatic heterocycles. The lowest BCUT2D eigenvalue weighted by Gasteiger charge is -2.12. The standard InChI is InChI=1S/C9H10ClN5/c1-6(15-9(11)12-13-14-15)7-3-2-4-8(10)5-7/h2-6H,1H3,(H2,11,12,14). The number of tetrazole rings is 1. The van der Waals surface area contributed by atoms with Crippen molar-refractivity contribution in [2.24, 2.45) is 0 Å². The van der Waals surface area contributed by atoms with E-state index in [1.807, 2.05) is 31.2 Å². The molecule has 0 radical (unpaired) electrons.